The van der Waals surface area contributed by atoms with E-state index in [-0.39, 0.29) is 16.0 Å². The minimum absolute atomic E-state index is 0.0559. The number of nitrogens with one attached hydrogen (secondary N) is 2. The highest BCUT2D eigenvalue weighted by Crippen LogP contribution is 2.32. The van der Waals surface area contributed by atoms with E-state index < -0.39 is 11.8 Å². The average Bonchev–Trinajstić information content (AvgIpc) is 3.00. The first-order valence-corrected chi connectivity index (χ1v) is 10.6. The molecule has 0 unspecified atom stereocenters. The van der Waals surface area contributed by atoms with Crippen LogP contribution in [0, 0.1) is 0 Å². The largest absolute Gasteiger partial charge is 0.331 e. The molecular weight excluding hydrogens is 502 g/mol. The first-order valence-electron chi connectivity index (χ1n) is 9.00. The Hall–Kier alpha value is -3.07. The van der Waals surface area contributed by atoms with Crippen LogP contribution in [0.5, 0.6) is 0 Å². The zero-order valence-electron chi connectivity index (χ0n) is 15.7. The monoisotopic (exact) mass is 513 g/mol. The molecule has 0 saturated heterocycles. The fraction of sp³-hybridized carbons (Fsp3) is 0. The molecule has 6 nitrogen and oxygen atoms in total. The summed E-state index contributed by atoms with van der Waals surface area (Å²) in [5.41, 5.74) is 1.89. The number of anilines is 2. The van der Waals surface area contributed by atoms with E-state index >= 15 is 0 Å². The van der Waals surface area contributed by atoms with Crippen LogP contribution in [-0.2, 0) is 0 Å². The number of thiocarbonyl (C=S) groups is 1. The maximum Gasteiger partial charge on any atom is 0.266 e. The third-order valence-corrected chi connectivity index (χ3v) is 5.58. The van der Waals surface area contributed by atoms with Gasteiger partial charge in [0.1, 0.15) is 0 Å². The molecule has 1 heterocycles. The summed E-state index contributed by atoms with van der Waals surface area (Å²) in [5.74, 6) is -1.19. The highest BCUT2D eigenvalue weighted by Gasteiger charge is 2.36. The molecule has 0 atom stereocenters. The lowest BCUT2D eigenvalue weighted by Crippen LogP contribution is -2.34. The second-order valence-electron chi connectivity index (χ2n) is 6.57. The number of benzene rings is 3. The summed E-state index contributed by atoms with van der Waals surface area (Å²) >= 11 is 14.9. The first kappa shape index (κ1) is 21.2. The van der Waals surface area contributed by atoms with E-state index in [2.05, 4.69) is 26.6 Å². The number of imide groups is 1. The molecule has 0 fully saturated rings. The Bertz CT molecular complexity index is 1230. The molecule has 0 radical (unpaired) electrons. The molecule has 3 amide bonds. The molecule has 4 rings (SSSR count). The van der Waals surface area contributed by atoms with E-state index in [1.54, 1.807) is 54.6 Å². The summed E-state index contributed by atoms with van der Waals surface area (Å²) in [7, 11) is 0. The molecule has 1 aliphatic heterocycles. The van der Waals surface area contributed by atoms with Gasteiger partial charge in [-0.25, -0.2) is 4.90 Å². The normalized spacial score (nSPS) is 12.5. The lowest BCUT2D eigenvalue weighted by Gasteiger charge is -2.16. The van der Waals surface area contributed by atoms with Crippen molar-refractivity contribution in [1.82, 2.24) is 5.32 Å². The zero-order valence-corrected chi connectivity index (χ0v) is 18.8. The Morgan fingerprint density at radius 2 is 1.61 bits per heavy atom. The van der Waals surface area contributed by atoms with Crippen LogP contribution >= 0.6 is 39.7 Å². The number of fused-ring (bicyclic) bond motifs is 1. The summed E-state index contributed by atoms with van der Waals surface area (Å²) in [4.78, 5) is 38.7. The summed E-state index contributed by atoms with van der Waals surface area (Å²) in [6.07, 6.45) is 0. The van der Waals surface area contributed by atoms with Gasteiger partial charge in [0.25, 0.3) is 17.7 Å². The molecule has 31 heavy (non-hydrogen) atoms. The number of rotatable bonds is 3. The first-order chi connectivity index (χ1) is 14.8. The van der Waals surface area contributed by atoms with E-state index in [0.717, 1.165) is 9.37 Å². The molecule has 0 bridgehead atoms. The van der Waals surface area contributed by atoms with Crippen molar-refractivity contribution in [3.8, 4) is 0 Å². The summed E-state index contributed by atoms with van der Waals surface area (Å²) in [6, 6.07) is 18.2. The van der Waals surface area contributed by atoms with Gasteiger partial charge in [-0.1, -0.05) is 45.7 Å². The summed E-state index contributed by atoms with van der Waals surface area (Å²) in [5, 5.41) is 5.71. The second-order valence-corrected chi connectivity index (χ2v) is 8.31. The molecule has 2 N–H and O–H groups in total. The van der Waals surface area contributed by atoms with Gasteiger partial charge in [-0.3, -0.25) is 19.7 Å². The third-order valence-electron chi connectivity index (χ3n) is 4.57. The van der Waals surface area contributed by atoms with Crippen LogP contribution in [-0.4, -0.2) is 22.8 Å². The van der Waals surface area contributed by atoms with E-state index in [1.807, 2.05) is 6.07 Å². The number of amides is 3. The number of hydrogen-bond acceptors (Lipinski definition) is 4. The molecule has 3 aromatic carbocycles. The SMILES string of the molecule is O=C(NC(=S)Nc1ccc(N2C(=O)c3ccccc3C2=O)cc1Cl)c1cccc(Br)c1. The van der Waals surface area contributed by atoms with Gasteiger partial charge in [-0.05, 0) is 60.7 Å². The minimum Gasteiger partial charge on any atom is -0.331 e. The third kappa shape index (κ3) is 4.23. The predicted molar refractivity (Wildman–Crippen MR) is 127 cm³/mol. The minimum atomic E-state index is -0.408. The Kier molecular flexibility index (Phi) is 5.86. The van der Waals surface area contributed by atoms with Gasteiger partial charge in [-0.15, -0.1) is 0 Å². The highest BCUT2D eigenvalue weighted by molar-refractivity contribution is 9.10. The predicted octanol–water partition coefficient (Wildman–Crippen LogP) is 5.03. The number of halogens is 2. The Balaban J connectivity index is 1.48. The van der Waals surface area contributed by atoms with Crippen molar-refractivity contribution in [3.05, 3.63) is 92.9 Å². The van der Waals surface area contributed by atoms with Gasteiger partial charge in [-0.2, -0.15) is 0 Å². The van der Waals surface area contributed by atoms with Crippen LogP contribution in [0.1, 0.15) is 31.1 Å². The van der Waals surface area contributed by atoms with Gasteiger partial charge in [0.05, 0.1) is 27.5 Å². The lowest BCUT2D eigenvalue weighted by molar-refractivity contribution is 0.0923. The van der Waals surface area contributed by atoms with Crippen molar-refractivity contribution in [2.75, 3.05) is 10.2 Å². The average molecular weight is 515 g/mol. The van der Waals surface area contributed by atoms with Crippen molar-refractivity contribution in [2.24, 2.45) is 0 Å². The Morgan fingerprint density at radius 3 is 2.23 bits per heavy atom. The molecular formula is C22H13BrClN3O3S. The molecule has 0 saturated carbocycles. The zero-order chi connectivity index (χ0) is 22.1. The van der Waals surface area contributed by atoms with Crippen LogP contribution in [0.4, 0.5) is 11.4 Å². The maximum atomic E-state index is 12.6. The Morgan fingerprint density at radius 1 is 0.935 bits per heavy atom. The molecule has 0 aromatic heterocycles. The van der Waals surface area contributed by atoms with Crippen molar-refractivity contribution in [2.45, 2.75) is 0 Å². The van der Waals surface area contributed by atoms with E-state index in [4.69, 9.17) is 23.8 Å². The van der Waals surface area contributed by atoms with Crippen LogP contribution < -0.4 is 15.5 Å². The number of carbonyl (C=O) groups excluding carboxylic acids is 3. The van der Waals surface area contributed by atoms with E-state index in [1.165, 1.54) is 6.07 Å². The number of carbonyl (C=O) groups is 3. The van der Waals surface area contributed by atoms with Crippen molar-refractivity contribution in [3.63, 3.8) is 0 Å². The smallest absolute Gasteiger partial charge is 0.266 e. The van der Waals surface area contributed by atoms with Crippen molar-refractivity contribution in [1.29, 1.82) is 0 Å². The number of nitrogens with zero attached hydrogens (tertiary/aromatic N) is 1. The highest BCUT2D eigenvalue weighted by atomic mass is 79.9. The van der Waals surface area contributed by atoms with E-state index in [0.29, 0.717) is 28.1 Å². The van der Waals surface area contributed by atoms with Gasteiger partial charge in [0, 0.05) is 10.0 Å². The molecule has 1 aliphatic rings. The van der Waals surface area contributed by atoms with Crippen LogP contribution in [0.25, 0.3) is 0 Å². The molecule has 3 aromatic rings. The van der Waals surface area contributed by atoms with Gasteiger partial charge in [0.2, 0.25) is 0 Å². The quantitative estimate of drug-likeness (QED) is 0.379. The van der Waals surface area contributed by atoms with E-state index in [9.17, 15) is 14.4 Å². The second kappa shape index (κ2) is 8.58. The van der Waals surface area contributed by atoms with Crippen LogP contribution in [0.3, 0.4) is 0 Å². The van der Waals surface area contributed by atoms with Crippen LogP contribution in [0.15, 0.2) is 71.2 Å². The van der Waals surface area contributed by atoms with Gasteiger partial charge < -0.3 is 5.32 Å². The lowest BCUT2D eigenvalue weighted by atomic mass is 10.1. The fourth-order valence-corrected chi connectivity index (χ4v) is 3.95. The van der Waals surface area contributed by atoms with Gasteiger partial charge in [0.15, 0.2) is 5.11 Å². The molecule has 0 aliphatic carbocycles. The number of hydrogen-bond donors (Lipinski definition) is 2. The van der Waals surface area contributed by atoms with Crippen LogP contribution in [0.2, 0.25) is 5.02 Å². The maximum absolute atomic E-state index is 12.6. The molecule has 154 valence electrons. The Labute approximate surface area is 196 Å². The summed E-state index contributed by atoms with van der Waals surface area (Å²) in [6.45, 7) is 0. The molecule has 0 spiro atoms. The standard InChI is InChI=1S/C22H13BrClN3O3S/c23-13-5-3-4-12(10-13)19(28)26-22(31)25-18-9-8-14(11-17(18)24)27-20(29)15-6-1-2-7-16(15)21(27)30/h1-11H,(H2,25,26,28,31). The van der Waals surface area contributed by atoms with Crippen molar-refractivity contribution >= 4 is 74.0 Å². The van der Waals surface area contributed by atoms with Crippen molar-refractivity contribution < 1.29 is 14.4 Å². The van der Waals surface area contributed by atoms with Gasteiger partial charge >= 0.3 is 0 Å². The molecule has 9 heteroatoms. The summed E-state index contributed by atoms with van der Waals surface area (Å²) < 4.78 is 0.769. The topological polar surface area (TPSA) is 78.5 Å². The fourth-order valence-electron chi connectivity index (χ4n) is 3.13.